The van der Waals surface area contributed by atoms with Crippen LogP contribution in [-0.4, -0.2) is 16.5 Å². The van der Waals surface area contributed by atoms with Gasteiger partial charge in [-0.05, 0) is 37.3 Å². The molecule has 0 radical (unpaired) electrons. The normalized spacial score (nSPS) is 18.5. The van der Waals surface area contributed by atoms with Crippen LogP contribution in [0.4, 0.5) is 5.95 Å². The van der Waals surface area contributed by atoms with Crippen LogP contribution in [0.1, 0.15) is 34.7 Å². The molecule has 19 heavy (non-hydrogen) atoms. The molecule has 1 atom stereocenters. The van der Waals surface area contributed by atoms with E-state index in [4.69, 9.17) is 11.6 Å². The lowest BCUT2D eigenvalue weighted by molar-refractivity contribution is 0.614. The maximum atomic E-state index is 5.86. The van der Waals surface area contributed by atoms with Crippen molar-refractivity contribution in [3.8, 4) is 0 Å². The molecule has 3 nitrogen and oxygen atoms in total. The van der Waals surface area contributed by atoms with Gasteiger partial charge in [0.15, 0.2) is 0 Å². The van der Waals surface area contributed by atoms with E-state index in [1.54, 1.807) is 0 Å². The highest BCUT2D eigenvalue weighted by atomic mass is 35.5. The Morgan fingerprint density at radius 1 is 1.53 bits per heavy atom. The third-order valence-electron chi connectivity index (χ3n) is 3.75. The number of rotatable bonds is 2. The second-order valence-corrected chi connectivity index (χ2v) is 6.10. The fraction of sp³-hybridized carbons (Fsp3) is 0.429. The smallest absolute Gasteiger partial charge is 0.226 e. The van der Waals surface area contributed by atoms with Crippen molar-refractivity contribution < 1.29 is 0 Å². The summed E-state index contributed by atoms with van der Waals surface area (Å²) in [6.07, 6.45) is 2.93. The van der Waals surface area contributed by atoms with Crippen molar-refractivity contribution in [3.05, 3.63) is 39.3 Å². The summed E-state index contributed by atoms with van der Waals surface area (Å²) in [5, 5.41) is 2.17. The molecular formula is C14H16ClN3S. The van der Waals surface area contributed by atoms with Gasteiger partial charge in [-0.3, -0.25) is 0 Å². The molecule has 0 N–H and O–H groups in total. The Hall–Kier alpha value is -1.13. The van der Waals surface area contributed by atoms with Gasteiger partial charge >= 0.3 is 0 Å². The molecule has 1 aliphatic rings. The van der Waals surface area contributed by atoms with Crippen molar-refractivity contribution in [2.75, 3.05) is 11.4 Å². The van der Waals surface area contributed by atoms with Crippen LogP contribution in [0.2, 0.25) is 0 Å². The number of hydrogen-bond acceptors (Lipinski definition) is 4. The first-order valence-electron chi connectivity index (χ1n) is 6.42. The predicted octanol–water partition coefficient (Wildman–Crippen LogP) is 3.71. The fourth-order valence-electron chi connectivity index (χ4n) is 2.53. The minimum atomic E-state index is 0.344. The number of anilines is 1. The molecule has 1 aliphatic heterocycles. The van der Waals surface area contributed by atoms with Gasteiger partial charge in [-0.25, -0.2) is 9.97 Å². The van der Waals surface area contributed by atoms with E-state index < -0.39 is 0 Å². The van der Waals surface area contributed by atoms with Crippen LogP contribution in [-0.2, 0) is 12.3 Å². The Labute approximate surface area is 122 Å². The van der Waals surface area contributed by atoms with Crippen LogP contribution in [0, 0.1) is 6.92 Å². The minimum Gasteiger partial charge on any atom is -0.334 e. The van der Waals surface area contributed by atoms with Crippen molar-refractivity contribution in [1.29, 1.82) is 0 Å². The van der Waals surface area contributed by atoms with Crippen molar-refractivity contribution in [2.24, 2.45) is 0 Å². The number of thiophene rings is 1. The van der Waals surface area contributed by atoms with Crippen molar-refractivity contribution in [3.63, 3.8) is 0 Å². The lowest BCUT2D eigenvalue weighted by Crippen LogP contribution is -2.34. The van der Waals surface area contributed by atoms with Crippen LogP contribution in [0.15, 0.2) is 17.6 Å². The van der Waals surface area contributed by atoms with Gasteiger partial charge in [0, 0.05) is 28.9 Å². The second kappa shape index (κ2) is 5.10. The SMILES string of the molecule is Cc1nc(N2CCc3sccc3C2C)ncc1CCl. The summed E-state index contributed by atoms with van der Waals surface area (Å²) in [6, 6.07) is 2.56. The Morgan fingerprint density at radius 3 is 3.11 bits per heavy atom. The molecule has 5 heteroatoms. The average molecular weight is 294 g/mol. The molecule has 100 valence electrons. The molecule has 1 unspecified atom stereocenters. The molecule has 0 aliphatic carbocycles. The number of hydrogen-bond donors (Lipinski definition) is 0. The molecule has 2 aromatic heterocycles. The van der Waals surface area contributed by atoms with Gasteiger partial charge < -0.3 is 4.90 Å². The monoisotopic (exact) mass is 293 g/mol. The summed E-state index contributed by atoms with van der Waals surface area (Å²) in [5.74, 6) is 1.28. The zero-order valence-electron chi connectivity index (χ0n) is 11.1. The minimum absolute atomic E-state index is 0.344. The van der Waals surface area contributed by atoms with Crippen LogP contribution in [0.3, 0.4) is 0 Å². The Bertz CT molecular complexity index is 596. The molecule has 3 heterocycles. The van der Waals surface area contributed by atoms with E-state index in [0.717, 1.165) is 30.2 Å². The molecule has 0 amide bonds. The maximum absolute atomic E-state index is 5.86. The highest BCUT2D eigenvalue weighted by molar-refractivity contribution is 7.10. The summed E-state index contributed by atoms with van der Waals surface area (Å²) in [4.78, 5) is 12.9. The number of nitrogens with zero attached hydrogens (tertiary/aromatic N) is 3. The highest BCUT2D eigenvalue weighted by Crippen LogP contribution is 2.34. The Balaban J connectivity index is 1.93. The van der Waals surface area contributed by atoms with Crippen LogP contribution in [0.5, 0.6) is 0 Å². The first-order valence-corrected chi connectivity index (χ1v) is 7.83. The van der Waals surface area contributed by atoms with Gasteiger partial charge in [0.05, 0.1) is 11.9 Å². The maximum Gasteiger partial charge on any atom is 0.226 e. The molecular weight excluding hydrogens is 278 g/mol. The van der Waals surface area contributed by atoms with E-state index in [0.29, 0.717) is 11.9 Å². The molecule has 2 aromatic rings. The lowest BCUT2D eigenvalue weighted by Gasteiger charge is -2.33. The largest absolute Gasteiger partial charge is 0.334 e. The predicted molar refractivity (Wildman–Crippen MR) is 80.1 cm³/mol. The topological polar surface area (TPSA) is 29.0 Å². The summed E-state index contributed by atoms with van der Waals surface area (Å²) in [6.45, 7) is 5.20. The van der Waals surface area contributed by atoms with Gasteiger partial charge in [0.2, 0.25) is 5.95 Å². The van der Waals surface area contributed by atoms with Gasteiger partial charge in [0.1, 0.15) is 0 Å². The van der Waals surface area contributed by atoms with Crippen LogP contribution < -0.4 is 4.90 Å². The Morgan fingerprint density at radius 2 is 2.37 bits per heavy atom. The highest BCUT2D eigenvalue weighted by Gasteiger charge is 2.26. The van der Waals surface area contributed by atoms with Crippen molar-refractivity contribution in [2.45, 2.75) is 32.2 Å². The number of fused-ring (bicyclic) bond motifs is 1. The van der Waals surface area contributed by atoms with Crippen LogP contribution in [0.25, 0.3) is 0 Å². The zero-order valence-corrected chi connectivity index (χ0v) is 12.6. The molecule has 3 rings (SSSR count). The van der Waals surface area contributed by atoms with Crippen molar-refractivity contribution >= 4 is 28.9 Å². The summed E-state index contributed by atoms with van der Waals surface area (Å²) >= 11 is 7.71. The lowest BCUT2D eigenvalue weighted by atomic mass is 10.0. The third-order valence-corrected chi connectivity index (χ3v) is 5.03. The first kappa shape index (κ1) is 12.9. The first-order chi connectivity index (χ1) is 9.20. The summed E-state index contributed by atoms with van der Waals surface area (Å²) < 4.78 is 0. The van der Waals surface area contributed by atoms with Gasteiger partial charge in [0.25, 0.3) is 0 Å². The summed E-state index contributed by atoms with van der Waals surface area (Å²) in [5.41, 5.74) is 3.40. The van der Waals surface area contributed by atoms with E-state index in [1.807, 2.05) is 24.5 Å². The van der Waals surface area contributed by atoms with E-state index in [1.165, 1.54) is 10.4 Å². The van der Waals surface area contributed by atoms with E-state index in [2.05, 4.69) is 33.2 Å². The molecule has 0 fully saturated rings. The number of alkyl halides is 1. The standard InChI is InChI=1S/C14H16ClN3S/c1-9-11(7-15)8-16-14(17-9)18-5-3-13-12(10(18)2)4-6-19-13/h4,6,8,10H,3,5,7H2,1-2H3. The van der Waals surface area contributed by atoms with Crippen molar-refractivity contribution in [1.82, 2.24) is 9.97 Å². The number of aromatic nitrogens is 2. The molecule has 0 saturated carbocycles. The molecule has 0 spiro atoms. The Kier molecular flexibility index (Phi) is 3.46. The fourth-order valence-corrected chi connectivity index (χ4v) is 3.76. The quantitative estimate of drug-likeness (QED) is 0.791. The average Bonchev–Trinajstić information content (AvgIpc) is 2.88. The third kappa shape index (κ3) is 2.23. The van der Waals surface area contributed by atoms with Crippen LogP contribution >= 0.6 is 22.9 Å². The van der Waals surface area contributed by atoms with E-state index in [9.17, 15) is 0 Å². The summed E-state index contributed by atoms with van der Waals surface area (Å²) in [7, 11) is 0. The zero-order chi connectivity index (χ0) is 13.4. The molecule has 0 bridgehead atoms. The van der Waals surface area contributed by atoms with Gasteiger partial charge in [-0.1, -0.05) is 0 Å². The number of aryl methyl sites for hydroxylation is 1. The van der Waals surface area contributed by atoms with Gasteiger partial charge in [-0.2, -0.15) is 0 Å². The molecule has 0 saturated heterocycles. The molecule has 0 aromatic carbocycles. The van der Waals surface area contributed by atoms with Gasteiger partial charge in [-0.15, -0.1) is 22.9 Å². The second-order valence-electron chi connectivity index (χ2n) is 4.83. The van der Waals surface area contributed by atoms with E-state index >= 15 is 0 Å². The number of halogens is 1. The van der Waals surface area contributed by atoms with E-state index in [-0.39, 0.29) is 0 Å².